The number of carboxylic acid groups (broad SMARTS) is 1. The van der Waals surface area contributed by atoms with Gasteiger partial charge in [-0.3, -0.25) is 24.1 Å². The maximum atomic E-state index is 13.1. The summed E-state index contributed by atoms with van der Waals surface area (Å²) in [5.41, 5.74) is 2.15. The van der Waals surface area contributed by atoms with E-state index in [1.165, 1.54) is 4.90 Å². The lowest BCUT2D eigenvalue weighted by Gasteiger charge is -2.28. The standard InChI is InChI=1S/C20H16N2O5/c23-17(24)11-21-10-13-6-2-1-5-12(13)9-16(20(21)27)22-18(25)14-7-3-4-8-15(14)19(22)26/h1-8,16H,9-11H2,(H,23,24). The fourth-order valence-corrected chi connectivity index (χ4v) is 3.69. The van der Waals surface area contributed by atoms with Crippen molar-refractivity contribution in [3.8, 4) is 0 Å². The van der Waals surface area contributed by atoms with E-state index in [2.05, 4.69) is 0 Å². The van der Waals surface area contributed by atoms with E-state index >= 15 is 0 Å². The molecule has 2 heterocycles. The molecule has 1 N–H and O–H groups in total. The molecular formula is C20H16N2O5. The van der Waals surface area contributed by atoms with Crippen molar-refractivity contribution in [3.63, 3.8) is 0 Å². The summed E-state index contributed by atoms with van der Waals surface area (Å²) in [7, 11) is 0. The number of fused-ring (bicyclic) bond motifs is 2. The maximum absolute atomic E-state index is 13.1. The number of benzene rings is 2. The minimum absolute atomic E-state index is 0.126. The molecule has 0 fully saturated rings. The molecule has 2 aliphatic rings. The van der Waals surface area contributed by atoms with Gasteiger partial charge in [-0.25, -0.2) is 0 Å². The molecule has 2 aromatic rings. The predicted octanol–water partition coefficient (Wildman–Crippen LogP) is 1.32. The van der Waals surface area contributed by atoms with E-state index in [1.807, 2.05) is 24.3 Å². The molecule has 1 atom stereocenters. The number of imide groups is 1. The van der Waals surface area contributed by atoms with Crippen LogP contribution in [0.25, 0.3) is 0 Å². The van der Waals surface area contributed by atoms with Crippen LogP contribution in [0.2, 0.25) is 0 Å². The minimum Gasteiger partial charge on any atom is -0.480 e. The van der Waals surface area contributed by atoms with Crippen molar-refractivity contribution in [3.05, 3.63) is 70.8 Å². The van der Waals surface area contributed by atoms with Crippen LogP contribution in [0.5, 0.6) is 0 Å². The van der Waals surface area contributed by atoms with Gasteiger partial charge < -0.3 is 10.0 Å². The van der Waals surface area contributed by atoms with E-state index in [0.717, 1.165) is 16.0 Å². The second-order valence-electron chi connectivity index (χ2n) is 6.60. The summed E-state index contributed by atoms with van der Waals surface area (Å²) in [4.78, 5) is 52.1. The fourth-order valence-electron chi connectivity index (χ4n) is 3.69. The number of amides is 3. The molecule has 1 unspecified atom stereocenters. The lowest BCUT2D eigenvalue weighted by molar-refractivity contribution is -0.146. The average molecular weight is 364 g/mol. The van der Waals surface area contributed by atoms with Crippen LogP contribution < -0.4 is 0 Å². The van der Waals surface area contributed by atoms with Crippen LogP contribution in [-0.2, 0) is 22.6 Å². The van der Waals surface area contributed by atoms with E-state index in [-0.39, 0.29) is 24.1 Å². The lowest BCUT2D eigenvalue weighted by atomic mass is 10.0. The summed E-state index contributed by atoms with van der Waals surface area (Å²) in [6.07, 6.45) is 0.163. The van der Waals surface area contributed by atoms with Gasteiger partial charge in [0.2, 0.25) is 5.91 Å². The van der Waals surface area contributed by atoms with Gasteiger partial charge in [0.05, 0.1) is 11.1 Å². The summed E-state index contributed by atoms with van der Waals surface area (Å²) in [5, 5.41) is 9.18. The van der Waals surface area contributed by atoms with Crippen molar-refractivity contribution >= 4 is 23.7 Å². The number of rotatable bonds is 3. The van der Waals surface area contributed by atoms with Crippen molar-refractivity contribution in [1.29, 1.82) is 0 Å². The predicted molar refractivity (Wildman–Crippen MR) is 93.9 cm³/mol. The molecule has 0 radical (unpaired) electrons. The van der Waals surface area contributed by atoms with Gasteiger partial charge in [0.25, 0.3) is 11.8 Å². The monoisotopic (exact) mass is 364 g/mol. The van der Waals surface area contributed by atoms with Gasteiger partial charge in [-0.05, 0) is 23.3 Å². The van der Waals surface area contributed by atoms with Crippen LogP contribution in [0, 0.1) is 0 Å². The largest absolute Gasteiger partial charge is 0.480 e. The van der Waals surface area contributed by atoms with Crippen molar-refractivity contribution in [1.82, 2.24) is 9.80 Å². The van der Waals surface area contributed by atoms with Crippen LogP contribution in [0.15, 0.2) is 48.5 Å². The highest BCUT2D eigenvalue weighted by atomic mass is 16.4. The quantitative estimate of drug-likeness (QED) is 0.829. The maximum Gasteiger partial charge on any atom is 0.323 e. The number of carbonyl (C=O) groups excluding carboxylic acids is 3. The summed E-state index contributed by atoms with van der Waals surface area (Å²) in [6, 6.07) is 12.6. The third-order valence-electron chi connectivity index (χ3n) is 4.95. The first kappa shape index (κ1) is 17.0. The van der Waals surface area contributed by atoms with Crippen LogP contribution in [0.4, 0.5) is 0 Å². The first-order valence-corrected chi connectivity index (χ1v) is 8.51. The normalized spacial score (nSPS) is 19.0. The van der Waals surface area contributed by atoms with Crippen molar-refractivity contribution in [2.24, 2.45) is 0 Å². The molecular weight excluding hydrogens is 348 g/mol. The topological polar surface area (TPSA) is 95.0 Å². The number of hydrogen-bond acceptors (Lipinski definition) is 4. The molecule has 2 aromatic carbocycles. The lowest BCUT2D eigenvalue weighted by Crippen LogP contribution is -2.51. The smallest absolute Gasteiger partial charge is 0.323 e. The van der Waals surface area contributed by atoms with E-state index in [9.17, 15) is 24.3 Å². The molecule has 7 nitrogen and oxygen atoms in total. The van der Waals surface area contributed by atoms with Gasteiger partial charge in [-0.15, -0.1) is 0 Å². The molecule has 0 saturated carbocycles. The molecule has 0 bridgehead atoms. The van der Waals surface area contributed by atoms with Crippen LogP contribution in [0.3, 0.4) is 0 Å². The second kappa shape index (κ2) is 6.35. The van der Waals surface area contributed by atoms with Crippen molar-refractivity contribution in [2.75, 3.05) is 6.54 Å². The molecule has 3 amide bonds. The number of aliphatic carboxylic acids is 1. The highest BCUT2D eigenvalue weighted by Gasteiger charge is 2.45. The summed E-state index contributed by atoms with van der Waals surface area (Å²) < 4.78 is 0. The number of nitrogens with zero attached hydrogens (tertiary/aromatic N) is 2. The minimum atomic E-state index is -1.15. The van der Waals surface area contributed by atoms with Gasteiger partial charge in [-0.2, -0.15) is 0 Å². The highest BCUT2D eigenvalue weighted by molar-refractivity contribution is 6.22. The molecule has 27 heavy (non-hydrogen) atoms. The Kier molecular flexibility index (Phi) is 3.99. The Labute approximate surface area is 154 Å². The molecule has 2 aliphatic heterocycles. The van der Waals surface area contributed by atoms with Crippen LogP contribution in [0.1, 0.15) is 31.8 Å². The Morgan fingerprint density at radius 1 is 0.926 bits per heavy atom. The zero-order valence-electron chi connectivity index (χ0n) is 14.3. The molecule has 0 saturated heterocycles. The Morgan fingerprint density at radius 2 is 1.48 bits per heavy atom. The van der Waals surface area contributed by atoms with Gasteiger partial charge in [0.1, 0.15) is 12.6 Å². The second-order valence-corrected chi connectivity index (χ2v) is 6.60. The molecule has 0 aromatic heterocycles. The number of hydrogen-bond donors (Lipinski definition) is 1. The van der Waals surface area contributed by atoms with Crippen molar-refractivity contribution < 1.29 is 24.3 Å². The van der Waals surface area contributed by atoms with Gasteiger partial charge in [0.15, 0.2) is 0 Å². The Hall–Kier alpha value is -3.48. The van der Waals surface area contributed by atoms with E-state index in [4.69, 9.17) is 0 Å². The third-order valence-corrected chi connectivity index (χ3v) is 4.95. The Morgan fingerprint density at radius 3 is 2.07 bits per heavy atom. The summed E-state index contributed by atoms with van der Waals surface area (Å²) in [5.74, 6) is -2.74. The summed E-state index contributed by atoms with van der Waals surface area (Å²) in [6.45, 7) is -0.367. The number of carbonyl (C=O) groups is 4. The van der Waals surface area contributed by atoms with Crippen LogP contribution >= 0.6 is 0 Å². The molecule has 7 heteroatoms. The van der Waals surface area contributed by atoms with Crippen LogP contribution in [-0.4, -0.2) is 51.2 Å². The zero-order chi connectivity index (χ0) is 19.1. The first-order chi connectivity index (χ1) is 13.0. The van der Waals surface area contributed by atoms with Gasteiger partial charge in [-0.1, -0.05) is 36.4 Å². The zero-order valence-corrected chi connectivity index (χ0v) is 14.3. The highest BCUT2D eigenvalue weighted by Crippen LogP contribution is 2.29. The first-order valence-electron chi connectivity index (χ1n) is 8.51. The van der Waals surface area contributed by atoms with E-state index < -0.39 is 36.3 Å². The SMILES string of the molecule is O=C(O)CN1Cc2ccccc2CC(N2C(=O)c3ccccc3C2=O)C1=O. The Bertz CT molecular complexity index is 949. The van der Waals surface area contributed by atoms with Crippen molar-refractivity contribution in [2.45, 2.75) is 19.0 Å². The molecule has 0 spiro atoms. The number of carboxylic acids is 1. The fraction of sp³-hybridized carbons (Fsp3) is 0.200. The Balaban J connectivity index is 1.77. The summed E-state index contributed by atoms with van der Waals surface area (Å²) >= 11 is 0. The molecule has 4 rings (SSSR count). The molecule has 136 valence electrons. The van der Waals surface area contributed by atoms with Gasteiger partial charge >= 0.3 is 5.97 Å². The van der Waals surface area contributed by atoms with Gasteiger partial charge in [0, 0.05) is 13.0 Å². The average Bonchev–Trinajstić information content (AvgIpc) is 2.82. The van der Waals surface area contributed by atoms with E-state index in [1.54, 1.807) is 24.3 Å². The molecule has 0 aliphatic carbocycles. The van der Waals surface area contributed by atoms with E-state index in [0.29, 0.717) is 0 Å². The third kappa shape index (κ3) is 2.77.